The van der Waals surface area contributed by atoms with Gasteiger partial charge in [0.1, 0.15) is 0 Å². The van der Waals surface area contributed by atoms with Crippen molar-refractivity contribution in [3.63, 3.8) is 0 Å². The fourth-order valence-corrected chi connectivity index (χ4v) is 1.98. The molecule has 2 aromatic rings. The largest absolute Gasteiger partial charge is 0.383 e. The highest BCUT2D eigenvalue weighted by Gasteiger charge is 2.04. The highest BCUT2D eigenvalue weighted by atomic mass is 16.5. The molecule has 0 spiro atoms. The average molecular weight is 287 g/mol. The van der Waals surface area contributed by atoms with Crippen molar-refractivity contribution in [2.75, 3.05) is 27.3 Å². The molecule has 112 valence electrons. The SMILES string of the molecule is CN=C(NCCOC)NCc1ccccc1-n1ccnc1. The number of guanidine groups is 1. The van der Waals surface area contributed by atoms with E-state index in [1.165, 1.54) is 5.56 Å². The van der Waals surface area contributed by atoms with E-state index in [0.717, 1.165) is 18.2 Å². The van der Waals surface area contributed by atoms with Gasteiger partial charge in [-0.1, -0.05) is 18.2 Å². The smallest absolute Gasteiger partial charge is 0.191 e. The van der Waals surface area contributed by atoms with Gasteiger partial charge < -0.3 is 19.9 Å². The summed E-state index contributed by atoms with van der Waals surface area (Å²) in [7, 11) is 3.43. The van der Waals surface area contributed by atoms with E-state index in [4.69, 9.17) is 4.74 Å². The lowest BCUT2D eigenvalue weighted by atomic mass is 10.1. The molecule has 6 heteroatoms. The molecule has 0 unspecified atom stereocenters. The van der Waals surface area contributed by atoms with Crippen molar-refractivity contribution < 1.29 is 4.74 Å². The van der Waals surface area contributed by atoms with Crippen LogP contribution in [0.1, 0.15) is 5.56 Å². The lowest BCUT2D eigenvalue weighted by Gasteiger charge is -2.14. The maximum Gasteiger partial charge on any atom is 0.191 e. The molecule has 6 nitrogen and oxygen atoms in total. The van der Waals surface area contributed by atoms with Gasteiger partial charge in [-0.15, -0.1) is 0 Å². The normalized spacial score (nSPS) is 11.4. The third-order valence-electron chi connectivity index (χ3n) is 3.04. The molecule has 0 aliphatic rings. The molecule has 0 saturated carbocycles. The molecule has 0 atom stereocenters. The molecule has 0 bridgehead atoms. The molecule has 1 aromatic carbocycles. The summed E-state index contributed by atoms with van der Waals surface area (Å²) in [5.74, 6) is 0.757. The Morgan fingerprint density at radius 1 is 1.33 bits per heavy atom. The number of imidazole rings is 1. The maximum absolute atomic E-state index is 5.01. The van der Waals surface area contributed by atoms with Crippen molar-refractivity contribution in [1.29, 1.82) is 0 Å². The van der Waals surface area contributed by atoms with E-state index in [9.17, 15) is 0 Å². The van der Waals surface area contributed by atoms with E-state index in [-0.39, 0.29) is 0 Å². The first-order chi connectivity index (χ1) is 10.3. The van der Waals surface area contributed by atoms with Crippen LogP contribution >= 0.6 is 0 Å². The van der Waals surface area contributed by atoms with Crippen LogP contribution in [-0.2, 0) is 11.3 Å². The minimum atomic E-state index is 0.645. The van der Waals surface area contributed by atoms with Crippen LogP contribution in [0.25, 0.3) is 5.69 Å². The number of aromatic nitrogens is 2. The summed E-state index contributed by atoms with van der Waals surface area (Å²) in [6.07, 6.45) is 5.50. The van der Waals surface area contributed by atoms with Crippen molar-refractivity contribution in [2.45, 2.75) is 6.54 Å². The molecule has 1 heterocycles. The minimum absolute atomic E-state index is 0.645. The van der Waals surface area contributed by atoms with Gasteiger partial charge in [0.15, 0.2) is 5.96 Å². The minimum Gasteiger partial charge on any atom is -0.383 e. The molecule has 0 aliphatic carbocycles. The lowest BCUT2D eigenvalue weighted by Crippen LogP contribution is -2.38. The highest BCUT2D eigenvalue weighted by Crippen LogP contribution is 2.13. The first-order valence-electron chi connectivity index (χ1n) is 6.85. The number of nitrogens with zero attached hydrogens (tertiary/aromatic N) is 3. The Bertz CT molecular complexity index is 565. The third kappa shape index (κ3) is 4.32. The highest BCUT2D eigenvalue weighted by molar-refractivity contribution is 5.79. The van der Waals surface area contributed by atoms with Crippen LogP contribution in [-0.4, -0.2) is 42.8 Å². The van der Waals surface area contributed by atoms with Crippen molar-refractivity contribution in [1.82, 2.24) is 20.2 Å². The van der Waals surface area contributed by atoms with Gasteiger partial charge in [0, 0.05) is 39.6 Å². The zero-order valence-corrected chi connectivity index (χ0v) is 12.4. The number of rotatable bonds is 6. The topological polar surface area (TPSA) is 63.5 Å². The number of ether oxygens (including phenoxy) is 1. The molecule has 1 aromatic heterocycles. The van der Waals surface area contributed by atoms with E-state index in [1.807, 2.05) is 22.9 Å². The summed E-state index contributed by atoms with van der Waals surface area (Å²) < 4.78 is 7.01. The predicted octanol–water partition coefficient (Wildman–Crippen LogP) is 1.18. The van der Waals surface area contributed by atoms with Crippen LogP contribution in [0.15, 0.2) is 48.0 Å². The Balaban J connectivity index is 2.00. The molecule has 2 rings (SSSR count). The van der Waals surface area contributed by atoms with Crippen LogP contribution in [0, 0.1) is 0 Å². The van der Waals surface area contributed by atoms with Crippen LogP contribution in [0.5, 0.6) is 0 Å². The van der Waals surface area contributed by atoms with Crippen molar-refractivity contribution in [3.05, 3.63) is 48.5 Å². The number of benzene rings is 1. The maximum atomic E-state index is 5.01. The summed E-state index contributed by atoms with van der Waals surface area (Å²) >= 11 is 0. The molecule has 0 amide bonds. The molecule has 2 N–H and O–H groups in total. The van der Waals surface area contributed by atoms with E-state index in [0.29, 0.717) is 13.2 Å². The van der Waals surface area contributed by atoms with Crippen molar-refractivity contribution in [3.8, 4) is 5.69 Å². The predicted molar refractivity (Wildman–Crippen MR) is 83.6 cm³/mol. The average Bonchev–Trinajstić information content (AvgIpc) is 3.05. The van der Waals surface area contributed by atoms with Gasteiger partial charge >= 0.3 is 0 Å². The number of aliphatic imine (C=N–C) groups is 1. The molecule has 0 saturated heterocycles. The van der Waals surface area contributed by atoms with Gasteiger partial charge in [0.05, 0.1) is 18.6 Å². The number of hydrogen-bond donors (Lipinski definition) is 2. The number of nitrogens with one attached hydrogen (secondary N) is 2. The van der Waals surface area contributed by atoms with Crippen LogP contribution in [0.4, 0.5) is 0 Å². The van der Waals surface area contributed by atoms with Crippen molar-refractivity contribution >= 4 is 5.96 Å². The van der Waals surface area contributed by atoms with Crippen LogP contribution in [0.3, 0.4) is 0 Å². The third-order valence-corrected chi connectivity index (χ3v) is 3.04. The summed E-state index contributed by atoms with van der Waals surface area (Å²) in [4.78, 5) is 8.28. The van der Waals surface area contributed by atoms with Gasteiger partial charge in [-0.2, -0.15) is 0 Å². The molecular formula is C15H21N5O. The van der Waals surface area contributed by atoms with E-state index < -0.39 is 0 Å². The zero-order chi connectivity index (χ0) is 14.9. The van der Waals surface area contributed by atoms with Gasteiger partial charge in [0.2, 0.25) is 0 Å². The standard InChI is InChI=1S/C15H21N5O/c1-16-15(18-8-10-21-2)19-11-13-5-3-4-6-14(13)20-9-7-17-12-20/h3-7,9,12H,8,10-11H2,1-2H3,(H2,16,18,19). The van der Waals surface area contributed by atoms with E-state index in [2.05, 4.69) is 32.7 Å². The molecule has 21 heavy (non-hydrogen) atoms. The van der Waals surface area contributed by atoms with E-state index in [1.54, 1.807) is 26.7 Å². The van der Waals surface area contributed by atoms with Crippen molar-refractivity contribution in [2.24, 2.45) is 4.99 Å². The second-order valence-corrected chi connectivity index (χ2v) is 4.44. The van der Waals surface area contributed by atoms with Gasteiger partial charge in [-0.25, -0.2) is 4.98 Å². The number of methoxy groups -OCH3 is 1. The Morgan fingerprint density at radius 3 is 2.90 bits per heavy atom. The quantitative estimate of drug-likeness (QED) is 0.476. The Kier molecular flexibility index (Phi) is 5.78. The fraction of sp³-hybridized carbons (Fsp3) is 0.333. The fourth-order valence-electron chi connectivity index (χ4n) is 1.98. The van der Waals surface area contributed by atoms with E-state index >= 15 is 0 Å². The molecular weight excluding hydrogens is 266 g/mol. The second-order valence-electron chi connectivity index (χ2n) is 4.44. The molecule has 0 aliphatic heterocycles. The first kappa shape index (κ1) is 15.1. The molecule has 0 fully saturated rings. The summed E-state index contributed by atoms with van der Waals surface area (Å²) in [5.41, 5.74) is 2.28. The van der Waals surface area contributed by atoms with Crippen LogP contribution in [0.2, 0.25) is 0 Å². The lowest BCUT2D eigenvalue weighted by molar-refractivity contribution is 0.203. The van der Waals surface area contributed by atoms with Gasteiger partial charge in [-0.05, 0) is 11.6 Å². The summed E-state index contributed by atoms with van der Waals surface area (Å²) in [6.45, 7) is 2.05. The van der Waals surface area contributed by atoms with Gasteiger partial charge in [-0.3, -0.25) is 4.99 Å². The Hall–Kier alpha value is -2.34. The molecule has 0 radical (unpaired) electrons. The zero-order valence-electron chi connectivity index (χ0n) is 12.4. The number of hydrogen-bond acceptors (Lipinski definition) is 3. The summed E-state index contributed by atoms with van der Waals surface area (Å²) in [6, 6.07) is 8.20. The van der Waals surface area contributed by atoms with Gasteiger partial charge in [0.25, 0.3) is 0 Å². The Morgan fingerprint density at radius 2 is 2.19 bits per heavy atom. The van der Waals surface area contributed by atoms with Crippen LogP contribution < -0.4 is 10.6 Å². The monoisotopic (exact) mass is 287 g/mol. The first-order valence-corrected chi connectivity index (χ1v) is 6.85. The summed E-state index contributed by atoms with van der Waals surface area (Å²) in [5, 5.41) is 6.49. The second kappa shape index (κ2) is 8.06. The Labute approximate surface area is 124 Å². The number of para-hydroxylation sites is 1.